The van der Waals surface area contributed by atoms with E-state index in [1.165, 1.54) is 36.8 Å². The Morgan fingerprint density at radius 1 is 1.05 bits per heavy atom. The molecule has 4 rings (SSSR count). The summed E-state index contributed by atoms with van der Waals surface area (Å²) in [4.78, 5) is 2.58. The zero-order valence-electron chi connectivity index (χ0n) is 11.0. The highest BCUT2D eigenvalue weighted by Gasteiger charge is 2.30. The molecule has 1 aromatic heterocycles. The second-order valence-corrected chi connectivity index (χ2v) is 5.61. The molecule has 4 nitrogen and oxygen atoms in total. The van der Waals surface area contributed by atoms with Crippen LogP contribution in [0.1, 0.15) is 18.9 Å². The smallest absolute Gasteiger partial charge is 0.0685 e. The van der Waals surface area contributed by atoms with Gasteiger partial charge in [-0.1, -0.05) is 18.2 Å². The molecular weight excluding hydrogens is 238 g/mol. The maximum atomic E-state index is 5.29. The monoisotopic (exact) mass is 257 g/mol. The van der Waals surface area contributed by atoms with Crippen molar-refractivity contribution in [1.82, 2.24) is 14.7 Å². The van der Waals surface area contributed by atoms with Crippen LogP contribution in [0.25, 0.3) is 10.9 Å². The Labute approximate surface area is 113 Å². The maximum Gasteiger partial charge on any atom is 0.0685 e. The van der Waals surface area contributed by atoms with Crippen LogP contribution in [0, 0.1) is 0 Å². The Morgan fingerprint density at radius 3 is 2.58 bits per heavy atom. The number of rotatable bonds is 2. The normalized spacial score (nSPS) is 22.7. The average molecular weight is 257 g/mol. The molecule has 3 heterocycles. The van der Waals surface area contributed by atoms with Gasteiger partial charge >= 0.3 is 0 Å². The Hall–Kier alpha value is -1.39. The van der Waals surface area contributed by atoms with Crippen molar-refractivity contribution >= 4 is 10.9 Å². The summed E-state index contributed by atoms with van der Waals surface area (Å²) in [7, 11) is 0. The van der Waals surface area contributed by atoms with Gasteiger partial charge in [0.1, 0.15) is 0 Å². The number of aromatic nitrogens is 2. The SMILES string of the molecule is c1ccc2c(c1)cnn2C1CCN(C2COC2)CC1. The summed E-state index contributed by atoms with van der Waals surface area (Å²) in [5, 5.41) is 5.84. The first-order chi connectivity index (χ1) is 9.42. The van der Waals surface area contributed by atoms with Crippen LogP contribution in [0.3, 0.4) is 0 Å². The summed E-state index contributed by atoms with van der Waals surface area (Å²) in [6.07, 6.45) is 4.38. The minimum Gasteiger partial charge on any atom is -0.378 e. The standard InChI is InChI=1S/C15H19N3O/c1-2-4-15-12(3-1)9-16-18(15)13-5-7-17(8-6-13)14-10-19-11-14/h1-4,9,13-14H,5-8,10-11H2. The van der Waals surface area contributed by atoms with Gasteiger partial charge in [-0.3, -0.25) is 9.58 Å². The van der Waals surface area contributed by atoms with Gasteiger partial charge in [-0.2, -0.15) is 5.10 Å². The molecule has 2 aromatic rings. The van der Waals surface area contributed by atoms with Gasteiger partial charge in [-0.25, -0.2) is 0 Å². The first-order valence-corrected chi connectivity index (χ1v) is 7.16. The lowest BCUT2D eigenvalue weighted by molar-refractivity contribution is -0.0733. The van der Waals surface area contributed by atoms with Crippen molar-refractivity contribution in [3.63, 3.8) is 0 Å². The fraction of sp³-hybridized carbons (Fsp3) is 0.533. The van der Waals surface area contributed by atoms with Crippen LogP contribution in [0.15, 0.2) is 30.5 Å². The second-order valence-electron chi connectivity index (χ2n) is 5.61. The number of nitrogens with zero attached hydrogens (tertiary/aromatic N) is 3. The third-order valence-corrected chi connectivity index (χ3v) is 4.49. The van der Waals surface area contributed by atoms with Crippen LogP contribution in [0.5, 0.6) is 0 Å². The fourth-order valence-electron chi connectivity index (χ4n) is 3.21. The van der Waals surface area contributed by atoms with Gasteiger partial charge in [0, 0.05) is 18.5 Å². The van der Waals surface area contributed by atoms with Crippen molar-refractivity contribution in [2.45, 2.75) is 24.9 Å². The van der Waals surface area contributed by atoms with E-state index in [4.69, 9.17) is 4.74 Å². The van der Waals surface area contributed by atoms with Crippen molar-refractivity contribution in [3.8, 4) is 0 Å². The van der Waals surface area contributed by atoms with E-state index in [0.29, 0.717) is 12.1 Å². The molecule has 2 aliphatic rings. The van der Waals surface area contributed by atoms with E-state index in [2.05, 4.69) is 38.9 Å². The molecule has 2 aliphatic heterocycles. The molecule has 4 heteroatoms. The number of piperidine rings is 1. The molecule has 1 aromatic carbocycles. The lowest BCUT2D eigenvalue weighted by Crippen LogP contribution is -2.51. The van der Waals surface area contributed by atoms with Gasteiger partial charge < -0.3 is 4.74 Å². The number of hydrogen-bond acceptors (Lipinski definition) is 3. The molecule has 0 saturated carbocycles. The highest BCUT2D eigenvalue weighted by atomic mass is 16.5. The Morgan fingerprint density at radius 2 is 1.84 bits per heavy atom. The molecule has 2 fully saturated rings. The molecule has 0 atom stereocenters. The van der Waals surface area contributed by atoms with E-state index in [9.17, 15) is 0 Å². The third-order valence-electron chi connectivity index (χ3n) is 4.49. The number of hydrogen-bond donors (Lipinski definition) is 0. The minimum absolute atomic E-state index is 0.553. The number of benzene rings is 1. The summed E-state index contributed by atoms with van der Waals surface area (Å²) in [6, 6.07) is 9.72. The van der Waals surface area contributed by atoms with Crippen molar-refractivity contribution in [2.75, 3.05) is 26.3 Å². The first kappa shape index (κ1) is 11.4. The van der Waals surface area contributed by atoms with Crippen LogP contribution in [-0.4, -0.2) is 47.0 Å². The minimum atomic E-state index is 0.553. The van der Waals surface area contributed by atoms with Crippen LogP contribution in [0.4, 0.5) is 0 Å². The molecule has 100 valence electrons. The molecule has 0 unspecified atom stereocenters. The predicted octanol–water partition coefficient (Wildman–Crippen LogP) is 2.07. The molecule has 0 amide bonds. The highest BCUT2D eigenvalue weighted by Crippen LogP contribution is 2.27. The van der Waals surface area contributed by atoms with Crippen molar-refractivity contribution in [3.05, 3.63) is 30.5 Å². The molecule has 2 saturated heterocycles. The van der Waals surface area contributed by atoms with Gasteiger partial charge in [-0.15, -0.1) is 0 Å². The number of likely N-dealkylation sites (tertiary alicyclic amines) is 1. The van der Waals surface area contributed by atoms with E-state index in [1.807, 2.05) is 6.20 Å². The Bertz CT molecular complexity index is 568. The van der Waals surface area contributed by atoms with Gasteiger partial charge in [0.2, 0.25) is 0 Å². The fourth-order valence-corrected chi connectivity index (χ4v) is 3.21. The number of ether oxygens (including phenoxy) is 1. The average Bonchev–Trinajstić information content (AvgIpc) is 2.82. The number of fused-ring (bicyclic) bond motifs is 1. The quantitative estimate of drug-likeness (QED) is 0.825. The molecule has 0 bridgehead atoms. The summed E-state index contributed by atoms with van der Waals surface area (Å²) in [6.45, 7) is 4.20. The zero-order valence-corrected chi connectivity index (χ0v) is 11.0. The Kier molecular flexibility index (Phi) is 2.78. The first-order valence-electron chi connectivity index (χ1n) is 7.16. The number of para-hydroxylation sites is 1. The van der Waals surface area contributed by atoms with E-state index < -0.39 is 0 Å². The lowest BCUT2D eigenvalue weighted by Gasteiger charge is -2.41. The van der Waals surface area contributed by atoms with Crippen LogP contribution < -0.4 is 0 Å². The van der Waals surface area contributed by atoms with Gasteiger partial charge in [0.25, 0.3) is 0 Å². The topological polar surface area (TPSA) is 30.3 Å². The van der Waals surface area contributed by atoms with Gasteiger partial charge in [0.05, 0.1) is 37.0 Å². The largest absolute Gasteiger partial charge is 0.378 e. The molecular formula is C15H19N3O. The van der Waals surface area contributed by atoms with Gasteiger partial charge in [0.15, 0.2) is 0 Å². The summed E-state index contributed by atoms with van der Waals surface area (Å²) >= 11 is 0. The molecule has 0 N–H and O–H groups in total. The maximum absolute atomic E-state index is 5.29. The van der Waals surface area contributed by atoms with Crippen molar-refractivity contribution in [2.24, 2.45) is 0 Å². The highest BCUT2D eigenvalue weighted by molar-refractivity contribution is 5.78. The summed E-state index contributed by atoms with van der Waals surface area (Å²) in [5.41, 5.74) is 1.27. The van der Waals surface area contributed by atoms with Crippen molar-refractivity contribution < 1.29 is 4.74 Å². The zero-order chi connectivity index (χ0) is 12.7. The van der Waals surface area contributed by atoms with E-state index in [-0.39, 0.29) is 0 Å². The van der Waals surface area contributed by atoms with Gasteiger partial charge in [-0.05, 0) is 18.9 Å². The molecule has 0 radical (unpaired) electrons. The predicted molar refractivity (Wildman–Crippen MR) is 74.2 cm³/mol. The second kappa shape index (κ2) is 4.62. The van der Waals surface area contributed by atoms with E-state index >= 15 is 0 Å². The Balaban J connectivity index is 1.51. The molecule has 19 heavy (non-hydrogen) atoms. The molecule has 0 spiro atoms. The van der Waals surface area contributed by atoms with E-state index in [0.717, 1.165) is 13.2 Å². The van der Waals surface area contributed by atoms with Crippen LogP contribution >= 0.6 is 0 Å². The summed E-state index contributed by atoms with van der Waals surface area (Å²) in [5.74, 6) is 0. The summed E-state index contributed by atoms with van der Waals surface area (Å²) < 4.78 is 7.51. The van der Waals surface area contributed by atoms with Crippen LogP contribution in [0.2, 0.25) is 0 Å². The van der Waals surface area contributed by atoms with Crippen molar-refractivity contribution in [1.29, 1.82) is 0 Å². The third kappa shape index (κ3) is 1.95. The molecule has 0 aliphatic carbocycles. The lowest BCUT2D eigenvalue weighted by atomic mass is 10.0. The van der Waals surface area contributed by atoms with E-state index in [1.54, 1.807) is 0 Å². The van der Waals surface area contributed by atoms with Crippen LogP contribution in [-0.2, 0) is 4.74 Å².